The van der Waals surface area contributed by atoms with Crippen LogP contribution in [0.3, 0.4) is 0 Å². The molecule has 158 valence electrons. The summed E-state index contributed by atoms with van der Waals surface area (Å²) in [7, 11) is 0. The summed E-state index contributed by atoms with van der Waals surface area (Å²) in [5.41, 5.74) is 1.57. The molecule has 2 aliphatic carbocycles. The van der Waals surface area contributed by atoms with E-state index in [1.807, 2.05) is 60.7 Å². The smallest absolute Gasteiger partial charge is 0.167 e. The molecule has 0 radical (unpaired) electrons. The number of rotatable bonds is 7. The third kappa shape index (κ3) is 5.24. The summed E-state index contributed by atoms with van der Waals surface area (Å²) in [6.45, 7) is 0. The highest BCUT2D eigenvalue weighted by molar-refractivity contribution is 8.00. The largest absolute Gasteiger partial charge is 0.294 e. The van der Waals surface area contributed by atoms with Crippen molar-refractivity contribution in [2.24, 2.45) is 11.8 Å². The zero-order valence-corrected chi connectivity index (χ0v) is 18.5. The number of Topliss-reactive ketones (excluding diaryl/α,β-unsaturated/α-hetero) is 2. The van der Waals surface area contributed by atoms with Crippen LogP contribution < -0.4 is 0 Å². The average molecular weight is 421 g/mol. The molecule has 2 aromatic carbocycles. The summed E-state index contributed by atoms with van der Waals surface area (Å²) < 4.78 is 0. The zero-order chi connectivity index (χ0) is 20.8. The van der Waals surface area contributed by atoms with Crippen LogP contribution in [0.4, 0.5) is 0 Å². The lowest BCUT2D eigenvalue weighted by molar-refractivity contribution is 0.0793. The molecule has 30 heavy (non-hydrogen) atoms. The summed E-state index contributed by atoms with van der Waals surface area (Å²) >= 11 is 2.07. The molecule has 3 atom stereocenters. The first kappa shape index (κ1) is 21.4. The highest BCUT2D eigenvalue weighted by Crippen LogP contribution is 2.44. The van der Waals surface area contributed by atoms with Gasteiger partial charge in [-0.15, -0.1) is 0 Å². The second-order valence-electron chi connectivity index (χ2n) is 8.87. The van der Waals surface area contributed by atoms with E-state index in [0.29, 0.717) is 16.9 Å². The van der Waals surface area contributed by atoms with E-state index in [1.54, 1.807) is 0 Å². The Kier molecular flexibility index (Phi) is 7.43. The maximum atomic E-state index is 13.7. The van der Waals surface area contributed by atoms with Crippen molar-refractivity contribution in [2.45, 2.75) is 68.3 Å². The van der Waals surface area contributed by atoms with Gasteiger partial charge in [-0.05, 0) is 31.6 Å². The van der Waals surface area contributed by atoms with Crippen LogP contribution in [0.2, 0.25) is 0 Å². The maximum absolute atomic E-state index is 13.7. The molecule has 2 saturated carbocycles. The fourth-order valence-electron chi connectivity index (χ4n) is 5.23. The van der Waals surface area contributed by atoms with Crippen molar-refractivity contribution in [1.29, 1.82) is 0 Å². The molecule has 4 rings (SSSR count). The fourth-order valence-corrected chi connectivity index (χ4v) is 7.15. The van der Waals surface area contributed by atoms with Gasteiger partial charge in [0.15, 0.2) is 11.6 Å². The molecule has 2 aromatic rings. The van der Waals surface area contributed by atoms with Gasteiger partial charge in [-0.25, -0.2) is 0 Å². The first-order valence-corrected chi connectivity index (χ1v) is 12.5. The SMILES string of the molecule is O=C(C[C@H]1CCC[C@@H](SC2CCCCC2)[C@@H]1C(=O)c1ccccc1)c1ccccc1. The molecule has 2 nitrogen and oxygen atoms in total. The Morgan fingerprint density at radius 2 is 1.37 bits per heavy atom. The Bertz CT molecular complexity index is 826. The zero-order valence-electron chi connectivity index (χ0n) is 17.7. The van der Waals surface area contributed by atoms with Crippen LogP contribution in [-0.2, 0) is 0 Å². The molecule has 0 N–H and O–H groups in total. The van der Waals surface area contributed by atoms with Gasteiger partial charge in [0.05, 0.1) is 0 Å². The highest BCUT2D eigenvalue weighted by Gasteiger charge is 2.40. The summed E-state index contributed by atoms with van der Waals surface area (Å²) in [6, 6.07) is 19.3. The van der Waals surface area contributed by atoms with Gasteiger partial charge in [-0.2, -0.15) is 11.8 Å². The molecular weight excluding hydrogens is 388 g/mol. The fraction of sp³-hybridized carbons (Fsp3) is 0.481. The van der Waals surface area contributed by atoms with E-state index in [2.05, 4.69) is 11.8 Å². The highest BCUT2D eigenvalue weighted by atomic mass is 32.2. The van der Waals surface area contributed by atoms with Crippen LogP contribution in [0.15, 0.2) is 60.7 Å². The van der Waals surface area contributed by atoms with Gasteiger partial charge in [-0.1, -0.05) is 86.3 Å². The van der Waals surface area contributed by atoms with Gasteiger partial charge in [0.2, 0.25) is 0 Å². The monoisotopic (exact) mass is 420 g/mol. The van der Waals surface area contributed by atoms with E-state index < -0.39 is 0 Å². The molecule has 0 heterocycles. The van der Waals surface area contributed by atoms with E-state index in [9.17, 15) is 9.59 Å². The van der Waals surface area contributed by atoms with Crippen LogP contribution in [-0.4, -0.2) is 22.1 Å². The summed E-state index contributed by atoms with van der Waals surface area (Å²) in [6.07, 6.45) is 10.2. The number of benzene rings is 2. The minimum absolute atomic E-state index is 0.0549. The Balaban J connectivity index is 1.56. The van der Waals surface area contributed by atoms with Gasteiger partial charge >= 0.3 is 0 Å². The molecule has 0 unspecified atom stereocenters. The van der Waals surface area contributed by atoms with Crippen molar-refractivity contribution < 1.29 is 9.59 Å². The van der Waals surface area contributed by atoms with Crippen molar-refractivity contribution in [3.63, 3.8) is 0 Å². The minimum atomic E-state index is -0.0549. The van der Waals surface area contributed by atoms with E-state index in [1.165, 1.54) is 32.1 Å². The van der Waals surface area contributed by atoms with E-state index >= 15 is 0 Å². The first-order valence-electron chi connectivity index (χ1n) is 11.6. The predicted molar refractivity (Wildman–Crippen MR) is 125 cm³/mol. The first-order chi connectivity index (χ1) is 14.7. The third-order valence-corrected chi connectivity index (χ3v) is 8.53. The summed E-state index contributed by atoms with van der Waals surface area (Å²) in [5, 5.41) is 1.02. The van der Waals surface area contributed by atoms with Crippen LogP contribution in [0.5, 0.6) is 0 Å². The van der Waals surface area contributed by atoms with Crippen LogP contribution >= 0.6 is 11.8 Å². The van der Waals surface area contributed by atoms with Crippen molar-refractivity contribution in [1.82, 2.24) is 0 Å². The molecule has 0 amide bonds. The number of thioether (sulfide) groups is 1. The number of ketones is 2. The lowest BCUT2D eigenvalue weighted by Crippen LogP contribution is -2.39. The molecule has 0 aromatic heterocycles. The number of carbonyl (C=O) groups excluding carboxylic acids is 2. The number of hydrogen-bond donors (Lipinski definition) is 0. The lowest BCUT2D eigenvalue weighted by Gasteiger charge is -2.39. The van der Waals surface area contributed by atoms with E-state index in [-0.39, 0.29) is 23.4 Å². The molecule has 2 fully saturated rings. The van der Waals surface area contributed by atoms with Gasteiger partial charge in [0.1, 0.15) is 0 Å². The summed E-state index contributed by atoms with van der Waals surface area (Å²) in [5.74, 6) is 0.505. The van der Waals surface area contributed by atoms with Gasteiger partial charge < -0.3 is 0 Å². The third-order valence-electron chi connectivity index (χ3n) is 6.80. The Morgan fingerprint density at radius 3 is 2.03 bits per heavy atom. The molecule has 0 spiro atoms. The average Bonchev–Trinajstić information content (AvgIpc) is 2.81. The molecule has 0 saturated heterocycles. The van der Waals surface area contributed by atoms with Crippen molar-refractivity contribution >= 4 is 23.3 Å². The van der Waals surface area contributed by atoms with Crippen LogP contribution in [0, 0.1) is 11.8 Å². The minimum Gasteiger partial charge on any atom is -0.294 e. The quantitative estimate of drug-likeness (QED) is 0.453. The molecule has 3 heteroatoms. The summed E-state index contributed by atoms with van der Waals surface area (Å²) in [4.78, 5) is 26.7. The molecular formula is C27H32O2S. The Morgan fingerprint density at radius 1 is 0.733 bits per heavy atom. The van der Waals surface area contributed by atoms with Crippen LogP contribution in [0.1, 0.15) is 78.5 Å². The second-order valence-corrected chi connectivity index (χ2v) is 10.4. The van der Waals surface area contributed by atoms with Crippen molar-refractivity contribution in [3.05, 3.63) is 71.8 Å². The topological polar surface area (TPSA) is 34.1 Å². The van der Waals surface area contributed by atoms with Gasteiger partial charge in [-0.3, -0.25) is 9.59 Å². The number of carbonyl (C=O) groups is 2. The maximum Gasteiger partial charge on any atom is 0.167 e. The van der Waals surface area contributed by atoms with Gasteiger partial charge in [0, 0.05) is 34.0 Å². The number of hydrogen-bond acceptors (Lipinski definition) is 3. The van der Waals surface area contributed by atoms with Gasteiger partial charge in [0.25, 0.3) is 0 Å². The normalized spacial score (nSPS) is 25.0. The Labute approximate surface area is 184 Å². The lowest BCUT2D eigenvalue weighted by atomic mass is 9.72. The molecule has 0 aliphatic heterocycles. The van der Waals surface area contributed by atoms with Crippen molar-refractivity contribution in [2.75, 3.05) is 0 Å². The van der Waals surface area contributed by atoms with E-state index in [4.69, 9.17) is 0 Å². The Hall–Kier alpha value is -1.87. The molecule has 2 aliphatic rings. The predicted octanol–water partition coefficient (Wildman–Crippen LogP) is 6.99. The van der Waals surface area contributed by atoms with Crippen molar-refractivity contribution in [3.8, 4) is 0 Å². The molecule has 0 bridgehead atoms. The van der Waals surface area contributed by atoms with Crippen LogP contribution in [0.25, 0.3) is 0 Å². The second kappa shape index (κ2) is 10.4. The van der Waals surface area contributed by atoms with E-state index in [0.717, 1.165) is 30.4 Å². The standard InChI is InChI=1S/C27H32O2S/c28-24(20-11-4-1-5-12-20)19-22-15-10-18-25(30-23-16-8-3-9-17-23)26(22)27(29)21-13-6-2-7-14-21/h1-2,4-7,11-14,22-23,25-26H,3,8-10,15-19H2/t22-,25-,26-/m1/s1.